The molecule has 3 rings (SSSR count). The lowest BCUT2D eigenvalue weighted by Crippen LogP contribution is -2.35. The summed E-state index contributed by atoms with van der Waals surface area (Å²) in [4.78, 5) is 44.0. The Balaban J connectivity index is 2.06. The molecule has 32 heavy (non-hydrogen) atoms. The number of fused-ring (bicyclic) bond motifs is 1. The predicted octanol–water partition coefficient (Wildman–Crippen LogP) is 4.21. The molecule has 1 aromatic heterocycles. The second-order valence-corrected chi connectivity index (χ2v) is 8.03. The molecule has 0 N–H and O–H groups in total. The van der Waals surface area contributed by atoms with E-state index in [0.717, 1.165) is 5.56 Å². The fourth-order valence-electron chi connectivity index (χ4n) is 3.41. The third-order valence-electron chi connectivity index (χ3n) is 5.35. The maximum atomic E-state index is 13.4. The van der Waals surface area contributed by atoms with Gasteiger partial charge < -0.3 is 9.64 Å². The molecule has 1 unspecified atom stereocenters. The lowest BCUT2D eigenvalue weighted by Gasteiger charge is -2.27. The van der Waals surface area contributed by atoms with Crippen molar-refractivity contribution in [2.75, 3.05) is 13.7 Å². The van der Waals surface area contributed by atoms with E-state index in [4.69, 9.17) is 21.3 Å². The maximum Gasteiger partial charge on any atom is 0.306 e. The van der Waals surface area contributed by atoms with Crippen LogP contribution in [-0.4, -0.2) is 40.0 Å². The number of benzene rings is 2. The number of nitrogens with zero attached hydrogens (tertiary/aromatic N) is 3. The lowest BCUT2D eigenvalue weighted by atomic mass is 10.1. The first kappa shape index (κ1) is 23.5. The van der Waals surface area contributed by atoms with Gasteiger partial charge in [-0.2, -0.15) is 0 Å². The lowest BCUT2D eigenvalue weighted by molar-refractivity contribution is -0.145. The molecule has 0 aliphatic rings. The van der Waals surface area contributed by atoms with Gasteiger partial charge in [-0.15, -0.1) is 0 Å². The third kappa shape index (κ3) is 4.99. The van der Waals surface area contributed by atoms with Gasteiger partial charge in [0, 0.05) is 18.5 Å². The van der Waals surface area contributed by atoms with Gasteiger partial charge in [-0.1, -0.05) is 29.3 Å². The summed E-state index contributed by atoms with van der Waals surface area (Å²) in [6.45, 7) is 5.75. The standard InChI is InChI=1S/C24H26ClN3O4/c1-5-32-22(30)13-12-21(29)27(4)16(3)23-26-20-14-17(25)8-11-19(20)24(31)28(23)18-9-6-15(2)7-10-18/h6-11,14,16H,5,12-13H2,1-4H3. The number of carbonyl (C=O) groups is 2. The Morgan fingerprint density at radius 1 is 1.16 bits per heavy atom. The Bertz CT molecular complexity index is 1200. The average molecular weight is 456 g/mol. The first-order valence-electron chi connectivity index (χ1n) is 10.4. The van der Waals surface area contributed by atoms with Crippen LogP contribution >= 0.6 is 11.6 Å². The van der Waals surface area contributed by atoms with Gasteiger partial charge in [0.05, 0.1) is 35.7 Å². The van der Waals surface area contributed by atoms with Crippen LogP contribution in [0.4, 0.5) is 0 Å². The molecule has 0 spiro atoms. The number of hydrogen-bond donors (Lipinski definition) is 0. The van der Waals surface area contributed by atoms with Crippen LogP contribution in [0.5, 0.6) is 0 Å². The first-order valence-corrected chi connectivity index (χ1v) is 10.8. The number of halogens is 1. The van der Waals surface area contributed by atoms with E-state index in [1.165, 1.54) is 9.47 Å². The van der Waals surface area contributed by atoms with Gasteiger partial charge in [0.25, 0.3) is 5.56 Å². The Kier molecular flexibility index (Phi) is 7.30. The van der Waals surface area contributed by atoms with Crippen LogP contribution in [-0.2, 0) is 14.3 Å². The number of amides is 1. The molecule has 2 aromatic carbocycles. The molecule has 3 aromatic rings. The van der Waals surface area contributed by atoms with E-state index >= 15 is 0 Å². The second-order valence-electron chi connectivity index (χ2n) is 7.59. The van der Waals surface area contributed by atoms with E-state index < -0.39 is 12.0 Å². The topological polar surface area (TPSA) is 81.5 Å². The number of ether oxygens (including phenoxy) is 1. The minimum absolute atomic E-state index is 0.00470. The summed E-state index contributed by atoms with van der Waals surface area (Å²) in [5.41, 5.74) is 1.92. The van der Waals surface area contributed by atoms with E-state index in [0.29, 0.717) is 27.4 Å². The van der Waals surface area contributed by atoms with E-state index in [1.54, 1.807) is 39.1 Å². The van der Waals surface area contributed by atoms with Gasteiger partial charge in [0.15, 0.2) is 0 Å². The van der Waals surface area contributed by atoms with Crippen LogP contribution in [0.15, 0.2) is 47.3 Å². The molecule has 0 saturated heterocycles. The monoisotopic (exact) mass is 455 g/mol. The molecule has 0 bridgehead atoms. The normalized spacial score (nSPS) is 11.9. The summed E-state index contributed by atoms with van der Waals surface area (Å²) >= 11 is 6.13. The van der Waals surface area contributed by atoms with E-state index in [-0.39, 0.29) is 30.9 Å². The van der Waals surface area contributed by atoms with Gasteiger partial charge in [0.2, 0.25) is 5.91 Å². The summed E-state index contributed by atoms with van der Waals surface area (Å²) in [6.07, 6.45) is 0.00308. The van der Waals surface area contributed by atoms with Gasteiger partial charge in [-0.3, -0.25) is 19.0 Å². The van der Waals surface area contributed by atoms with Crippen LogP contribution in [0.25, 0.3) is 16.6 Å². The van der Waals surface area contributed by atoms with Crippen LogP contribution in [0.1, 0.15) is 44.1 Å². The van der Waals surface area contributed by atoms with E-state index in [1.807, 2.05) is 31.2 Å². The Labute approximate surface area is 191 Å². The predicted molar refractivity (Wildman–Crippen MR) is 124 cm³/mol. The molecule has 1 atom stereocenters. The highest BCUT2D eigenvalue weighted by Crippen LogP contribution is 2.24. The van der Waals surface area contributed by atoms with Gasteiger partial charge in [0.1, 0.15) is 5.82 Å². The molecule has 0 aliphatic carbocycles. The fraction of sp³-hybridized carbons (Fsp3) is 0.333. The van der Waals surface area contributed by atoms with Crippen LogP contribution < -0.4 is 5.56 Å². The zero-order valence-electron chi connectivity index (χ0n) is 18.6. The smallest absolute Gasteiger partial charge is 0.306 e. The number of esters is 1. The van der Waals surface area contributed by atoms with Crippen LogP contribution in [0.3, 0.4) is 0 Å². The molecular formula is C24H26ClN3O4. The summed E-state index contributed by atoms with van der Waals surface area (Å²) in [6, 6.07) is 11.9. The van der Waals surface area contributed by atoms with Crippen molar-refractivity contribution < 1.29 is 14.3 Å². The number of aryl methyl sites for hydroxylation is 1. The quantitative estimate of drug-likeness (QED) is 0.498. The molecule has 0 fully saturated rings. The average Bonchev–Trinajstić information content (AvgIpc) is 2.77. The summed E-state index contributed by atoms with van der Waals surface area (Å²) in [7, 11) is 1.63. The summed E-state index contributed by atoms with van der Waals surface area (Å²) in [5.74, 6) is -0.265. The molecule has 0 aliphatic heterocycles. The van der Waals surface area contributed by atoms with Gasteiger partial charge >= 0.3 is 5.97 Å². The number of carbonyl (C=O) groups excluding carboxylic acids is 2. The summed E-state index contributed by atoms with van der Waals surface area (Å²) < 4.78 is 6.42. The Hall–Kier alpha value is -3.19. The third-order valence-corrected chi connectivity index (χ3v) is 5.58. The number of hydrogen-bond acceptors (Lipinski definition) is 5. The minimum atomic E-state index is -0.540. The molecular weight excluding hydrogens is 430 g/mol. The SMILES string of the molecule is CCOC(=O)CCC(=O)N(C)C(C)c1nc2cc(Cl)ccc2c(=O)n1-c1ccc(C)cc1. The highest BCUT2D eigenvalue weighted by molar-refractivity contribution is 6.31. The molecule has 168 valence electrons. The van der Waals surface area contributed by atoms with Crippen molar-refractivity contribution in [1.82, 2.24) is 14.5 Å². The van der Waals surface area contributed by atoms with Crippen molar-refractivity contribution in [3.8, 4) is 5.69 Å². The van der Waals surface area contributed by atoms with Crippen molar-refractivity contribution in [3.63, 3.8) is 0 Å². The fourth-order valence-corrected chi connectivity index (χ4v) is 3.57. The van der Waals surface area contributed by atoms with Gasteiger partial charge in [-0.25, -0.2) is 4.98 Å². The largest absolute Gasteiger partial charge is 0.466 e. The molecule has 1 heterocycles. The van der Waals surface area contributed by atoms with Crippen molar-refractivity contribution in [2.24, 2.45) is 0 Å². The maximum absolute atomic E-state index is 13.4. The Morgan fingerprint density at radius 3 is 2.50 bits per heavy atom. The molecule has 7 nitrogen and oxygen atoms in total. The molecule has 0 saturated carbocycles. The zero-order chi connectivity index (χ0) is 23.4. The number of aromatic nitrogens is 2. The van der Waals surface area contributed by atoms with Crippen molar-refractivity contribution in [3.05, 3.63) is 69.2 Å². The van der Waals surface area contributed by atoms with E-state index in [9.17, 15) is 14.4 Å². The van der Waals surface area contributed by atoms with Crippen LogP contribution in [0.2, 0.25) is 5.02 Å². The Morgan fingerprint density at radius 2 is 1.84 bits per heavy atom. The highest BCUT2D eigenvalue weighted by atomic mass is 35.5. The molecule has 8 heteroatoms. The first-order chi connectivity index (χ1) is 15.2. The second kappa shape index (κ2) is 9.96. The van der Waals surface area contributed by atoms with Crippen molar-refractivity contribution in [2.45, 2.75) is 39.7 Å². The van der Waals surface area contributed by atoms with E-state index in [2.05, 4.69) is 0 Å². The zero-order valence-corrected chi connectivity index (χ0v) is 19.3. The van der Waals surface area contributed by atoms with Crippen LogP contribution in [0, 0.1) is 6.92 Å². The van der Waals surface area contributed by atoms with Crippen molar-refractivity contribution >= 4 is 34.4 Å². The minimum Gasteiger partial charge on any atom is -0.466 e. The van der Waals surface area contributed by atoms with Gasteiger partial charge in [-0.05, 0) is 51.1 Å². The number of rotatable bonds is 7. The van der Waals surface area contributed by atoms with Crippen molar-refractivity contribution in [1.29, 1.82) is 0 Å². The molecule has 0 radical (unpaired) electrons. The summed E-state index contributed by atoms with van der Waals surface area (Å²) in [5, 5.41) is 0.900. The molecule has 1 amide bonds. The highest BCUT2D eigenvalue weighted by Gasteiger charge is 2.24.